The van der Waals surface area contributed by atoms with Gasteiger partial charge in [-0.05, 0) is 46.2 Å². The van der Waals surface area contributed by atoms with E-state index in [1.165, 1.54) is 6.92 Å². The van der Waals surface area contributed by atoms with Crippen molar-refractivity contribution < 1.29 is 27.9 Å². The highest BCUT2D eigenvalue weighted by Crippen LogP contribution is 2.46. The van der Waals surface area contributed by atoms with E-state index in [1.807, 2.05) is 0 Å². The van der Waals surface area contributed by atoms with Crippen LogP contribution in [0, 0.1) is 11.3 Å². The molecule has 1 saturated heterocycles. The van der Waals surface area contributed by atoms with Crippen LogP contribution in [-0.4, -0.2) is 63.1 Å². The normalized spacial score (nSPS) is 21.2. The number of esters is 1. The summed E-state index contributed by atoms with van der Waals surface area (Å²) in [4.78, 5) is 25.3. The topological polar surface area (TPSA) is 189 Å². The van der Waals surface area contributed by atoms with Gasteiger partial charge in [0.05, 0.1) is 25.1 Å². The van der Waals surface area contributed by atoms with Crippen LogP contribution in [0.5, 0.6) is 5.75 Å². The lowest BCUT2D eigenvalue weighted by Gasteiger charge is -2.24. The van der Waals surface area contributed by atoms with Gasteiger partial charge in [0, 0.05) is 18.7 Å². The molecule has 3 aromatic rings. The van der Waals surface area contributed by atoms with E-state index in [9.17, 15) is 9.36 Å². The number of para-hydroxylation sites is 1. The molecule has 1 aromatic carbocycles. The van der Waals surface area contributed by atoms with Gasteiger partial charge < -0.3 is 30.5 Å². The molecular weight excluding hydrogens is 539 g/mol. The molecule has 14 nitrogen and oxygen atoms in total. The summed E-state index contributed by atoms with van der Waals surface area (Å²) in [7, 11) is -2.37. The summed E-state index contributed by atoms with van der Waals surface area (Å²) >= 11 is 0. The summed E-state index contributed by atoms with van der Waals surface area (Å²) in [5.74, 6) is -0.111. The van der Waals surface area contributed by atoms with E-state index in [2.05, 4.69) is 25.4 Å². The molecule has 0 unspecified atom stereocenters. The standard InChI is InChI=1S/C25H35N8O6P/c1-14(2)37-24(34)16(4)32-40(35,39-17-9-7-6-8-10-17)36-12-18-11-19(15(3)26)23(38-18)33-13-29-20-21(28-5)30-25(27)31-22(20)33/h6-10,13-14,16,18-19,23,26H,11-12H2,1-5H3,(H,32,35)(H3,27,28,30,31)/t16-,18-,19+,23+,40-/m0/s1. The first-order valence-corrected chi connectivity index (χ1v) is 14.4. The van der Waals surface area contributed by atoms with Crippen molar-refractivity contribution in [1.29, 1.82) is 5.41 Å². The van der Waals surface area contributed by atoms with Gasteiger partial charge in [0.25, 0.3) is 0 Å². The highest BCUT2D eigenvalue weighted by atomic mass is 31.2. The van der Waals surface area contributed by atoms with Crippen molar-refractivity contribution in [1.82, 2.24) is 24.6 Å². The lowest BCUT2D eigenvalue weighted by Crippen LogP contribution is -2.36. The van der Waals surface area contributed by atoms with Crippen LogP contribution in [-0.2, 0) is 23.4 Å². The third kappa shape index (κ3) is 6.76. The van der Waals surface area contributed by atoms with E-state index in [4.69, 9.17) is 29.7 Å². The Balaban J connectivity index is 1.54. The Kier molecular flexibility index (Phi) is 9.04. The first-order chi connectivity index (χ1) is 19.0. The molecule has 5 N–H and O–H groups in total. The Hall–Kier alpha value is -3.58. The summed E-state index contributed by atoms with van der Waals surface area (Å²) in [6.07, 6.45) is 0.410. The zero-order valence-corrected chi connectivity index (χ0v) is 23.9. The number of carbonyl (C=O) groups is 1. The van der Waals surface area contributed by atoms with Gasteiger partial charge in [0.1, 0.15) is 18.0 Å². The molecule has 1 aliphatic heterocycles. The number of imidazole rings is 1. The largest absolute Gasteiger partial charge is 0.462 e. The number of aromatic nitrogens is 4. The summed E-state index contributed by atoms with van der Waals surface area (Å²) in [6.45, 7) is 6.51. The van der Waals surface area contributed by atoms with E-state index in [0.717, 1.165) is 0 Å². The van der Waals surface area contributed by atoms with Crippen molar-refractivity contribution in [3.8, 4) is 5.75 Å². The summed E-state index contributed by atoms with van der Waals surface area (Å²) in [5, 5.41) is 14.0. The first kappa shape index (κ1) is 29.4. The van der Waals surface area contributed by atoms with Gasteiger partial charge in [-0.25, -0.2) is 9.55 Å². The number of benzene rings is 1. The monoisotopic (exact) mass is 574 g/mol. The second-order valence-corrected chi connectivity index (χ2v) is 11.4. The fraction of sp³-hybridized carbons (Fsp3) is 0.480. The zero-order chi connectivity index (χ0) is 29.0. The Morgan fingerprint density at radius 2 is 2.00 bits per heavy atom. The molecule has 216 valence electrons. The molecule has 0 saturated carbocycles. The van der Waals surface area contributed by atoms with Crippen LogP contribution in [0.3, 0.4) is 0 Å². The minimum Gasteiger partial charge on any atom is -0.462 e. The summed E-state index contributed by atoms with van der Waals surface area (Å²) < 4.78 is 38.6. The van der Waals surface area contributed by atoms with Gasteiger partial charge in [-0.1, -0.05) is 18.2 Å². The predicted octanol–water partition coefficient (Wildman–Crippen LogP) is 3.53. The van der Waals surface area contributed by atoms with Gasteiger partial charge in [-0.3, -0.25) is 13.9 Å². The molecule has 4 rings (SSSR count). The Labute approximate surface area is 232 Å². The van der Waals surface area contributed by atoms with E-state index in [1.54, 1.807) is 69.0 Å². The molecule has 15 heteroatoms. The SMILES string of the molecule is CNc1nc(N)nc2c1ncn2[C@@H]1O[C@H](CO[P@@](=O)(N[C@@H](C)C(=O)OC(C)C)Oc2ccccc2)C[C@@H]1C(C)=N. The third-order valence-corrected chi connectivity index (χ3v) is 7.80. The number of nitrogen functional groups attached to an aromatic ring is 1. The molecule has 3 heterocycles. The third-order valence-electron chi connectivity index (χ3n) is 6.16. The Morgan fingerprint density at radius 1 is 1.27 bits per heavy atom. The maximum absolute atomic E-state index is 13.8. The van der Waals surface area contributed by atoms with Crippen LogP contribution in [0.15, 0.2) is 36.7 Å². The van der Waals surface area contributed by atoms with E-state index in [-0.39, 0.29) is 24.6 Å². The van der Waals surface area contributed by atoms with Crippen molar-refractivity contribution in [3.05, 3.63) is 36.7 Å². The van der Waals surface area contributed by atoms with Crippen LogP contribution >= 0.6 is 7.75 Å². The minimum atomic E-state index is -4.08. The van der Waals surface area contributed by atoms with E-state index < -0.39 is 32.1 Å². The maximum Gasteiger partial charge on any atom is 0.459 e. The molecule has 5 atom stereocenters. The van der Waals surface area contributed by atoms with Gasteiger partial charge in [0.2, 0.25) is 5.95 Å². The average Bonchev–Trinajstić information content (AvgIpc) is 3.51. The van der Waals surface area contributed by atoms with Crippen LogP contribution in [0.2, 0.25) is 0 Å². The number of hydrogen-bond acceptors (Lipinski definition) is 12. The van der Waals surface area contributed by atoms with Crippen LogP contribution in [0.25, 0.3) is 11.2 Å². The molecule has 0 radical (unpaired) electrons. The maximum atomic E-state index is 13.8. The average molecular weight is 575 g/mol. The number of fused-ring (bicyclic) bond motifs is 1. The van der Waals surface area contributed by atoms with Crippen molar-refractivity contribution >= 4 is 42.4 Å². The van der Waals surface area contributed by atoms with Gasteiger partial charge in [0.15, 0.2) is 17.0 Å². The second kappa shape index (κ2) is 12.3. The highest BCUT2D eigenvalue weighted by molar-refractivity contribution is 7.52. The van der Waals surface area contributed by atoms with Crippen molar-refractivity contribution in [3.63, 3.8) is 0 Å². The molecule has 0 spiro atoms. The van der Waals surface area contributed by atoms with E-state index in [0.29, 0.717) is 34.9 Å². The molecule has 40 heavy (non-hydrogen) atoms. The molecule has 0 aliphatic carbocycles. The molecule has 2 aromatic heterocycles. The number of nitrogens with zero attached hydrogens (tertiary/aromatic N) is 4. The fourth-order valence-electron chi connectivity index (χ4n) is 4.31. The fourth-order valence-corrected chi connectivity index (χ4v) is 5.84. The van der Waals surface area contributed by atoms with Gasteiger partial charge in [-0.15, -0.1) is 0 Å². The smallest absolute Gasteiger partial charge is 0.459 e. The van der Waals surface area contributed by atoms with Crippen molar-refractivity contribution in [2.24, 2.45) is 5.92 Å². The highest BCUT2D eigenvalue weighted by Gasteiger charge is 2.41. The Bertz CT molecular complexity index is 1400. The van der Waals surface area contributed by atoms with Gasteiger partial charge in [-0.2, -0.15) is 15.1 Å². The number of ether oxygens (including phenoxy) is 2. The van der Waals surface area contributed by atoms with Crippen LogP contribution in [0.1, 0.15) is 40.3 Å². The predicted molar refractivity (Wildman–Crippen MR) is 149 cm³/mol. The number of nitrogens with two attached hydrogens (primary N) is 1. The molecule has 0 amide bonds. The zero-order valence-electron chi connectivity index (χ0n) is 23.0. The summed E-state index contributed by atoms with van der Waals surface area (Å²) in [5.41, 5.74) is 7.25. The van der Waals surface area contributed by atoms with Crippen LogP contribution in [0.4, 0.5) is 11.8 Å². The molecule has 1 fully saturated rings. The lowest BCUT2D eigenvalue weighted by atomic mass is 9.98. The quantitative estimate of drug-likeness (QED) is 0.140. The van der Waals surface area contributed by atoms with Crippen molar-refractivity contribution in [2.75, 3.05) is 24.7 Å². The Morgan fingerprint density at radius 3 is 2.65 bits per heavy atom. The first-order valence-electron chi connectivity index (χ1n) is 12.9. The van der Waals surface area contributed by atoms with E-state index >= 15 is 0 Å². The number of anilines is 2. The second-order valence-electron chi connectivity index (χ2n) is 9.71. The number of carbonyl (C=O) groups excluding carboxylic acids is 1. The van der Waals surface area contributed by atoms with Gasteiger partial charge >= 0.3 is 13.7 Å². The number of nitrogens with one attached hydrogen (secondary N) is 3. The minimum absolute atomic E-state index is 0.0646. The lowest BCUT2D eigenvalue weighted by molar-refractivity contribution is -0.149. The molecular formula is C25H35N8O6P. The molecule has 1 aliphatic rings. The molecule has 0 bridgehead atoms. The summed E-state index contributed by atoms with van der Waals surface area (Å²) in [6, 6.07) is 7.52. The number of hydrogen-bond donors (Lipinski definition) is 4. The van der Waals surface area contributed by atoms with Crippen LogP contribution < -0.4 is 20.7 Å². The number of rotatable bonds is 12. The van der Waals surface area contributed by atoms with Crippen molar-refractivity contribution in [2.45, 2.75) is 58.6 Å².